The molecule has 1 aromatic carbocycles. The van der Waals surface area contributed by atoms with Gasteiger partial charge in [0, 0.05) is 11.1 Å². The van der Waals surface area contributed by atoms with Gasteiger partial charge in [0.1, 0.15) is 18.7 Å². The second-order valence-electron chi connectivity index (χ2n) is 3.63. The molecule has 1 unspecified atom stereocenters. The van der Waals surface area contributed by atoms with Crippen molar-refractivity contribution in [3.8, 4) is 0 Å². The van der Waals surface area contributed by atoms with Crippen LogP contribution < -0.4 is 4.89 Å². The molecule has 0 fully saturated rings. The first kappa shape index (κ1) is 12.4. The van der Waals surface area contributed by atoms with Crippen LogP contribution in [0.4, 0.5) is 0 Å². The second kappa shape index (κ2) is 5.07. The highest BCUT2D eigenvalue weighted by Crippen LogP contribution is 2.60. The first-order chi connectivity index (χ1) is 8.17. The molecular formula is C12H13O4P. The van der Waals surface area contributed by atoms with Crippen molar-refractivity contribution >= 4 is 19.8 Å². The van der Waals surface area contributed by atoms with Gasteiger partial charge in [-0.25, -0.2) is 9.05 Å². The average Bonchev–Trinajstić information content (AvgIpc) is 2.72. The van der Waals surface area contributed by atoms with Crippen molar-refractivity contribution in [3.63, 3.8) is 0 Å². The number of carbonyl (C=O) groups is 1. The molecule has 4 nitrogen and oxygen atoms in total. The fraction of sp³-hybridized carbons (Fsp3) is 0.250. The topological polar surface area (TPSA) is 58.6 Å². The van der Waals surface area contributed by atoms with Gasteiger partial charge < -0.3 is 4.89 Å². The monoisotopic (exact) mass is 252 g/mol. The van der Waals surface area contributed by atoms with Crippen molar-refractivity contribution in [1.82, 2.24) is 0 Å². The summed E-state index contributed by atoms with van der Waals surface area (Å²) in [6.45, 7) is 2.40. The minimum Gasteiger partial charge on any atom is -0.628 e. The zero-order valence-corrected chi connectivity index (χ0v) is 10.4. The smallest absolute Gasteiger partial charge is 0.264 e. The van der Waals surface area contributed by atoms with Crippen LogP contribution in [-0.2, 0) is 9.05 Å². The van der Waals surface area contributed by atoms with Crippen LogP contribution in [0.2, 0.25) is 0 Å². The van der Waals surface area contributed by atoms with Crippen LogP contribution in [0.1, 0.15) is 22.8 Å². The molecular weight excluding hydrogens is 239 g/mol. The highest BCUT2D eigenvalue weighted by atomic mass is 31.2. The van der Waals surface area contributed by atoms with Crippen molar-refractivity contribution in [2.24, 2.45) is 0 Å². The van der Waals surface area contributed by atoms with Crippen LogP contribution in [0.5, 0.6) is 0 Å². The van der Waals surface area contributed by atoms with Crippen molar-refractivity contribution < 1.29 is 18.7 Å². The zero-order chi connectivity index (χ0) is 12.3. The molecule has 1 atom stereocenters. The standard InChI is InChI=1S/C12H13O4P/c1-2-15-17(14)9-12(8-16-17)11-5-3-10(7-13)4-6-11/h3-7,9H,2,8H2,1H3. The fourth-order valence-electron chi connectivity index (χ4n) is 1.61. The lowest BCUT2D eigenvalue weighted by molar-refractivity contribution is -0.211. The summed E-state index contributed by atoms with van der Waals surface area (Å²) in [6.07, 6.45) is 0.786. The summed E-state index contributed by atoms with van der Waals surface area (Å²) in [5.74, 6) is 1.55. The molecule has 0 radical (unpaired) electrons. The van der Waals surface area contributed by atoms with E-state index in [9.17, 15) is 9.69 Å². The summed E-state index contributed by atoms with van der Waals surface area (Å²) in [4.78, 5) is 22.5. The average molecular weight is 252 g/mol. The third-order valence-electron chi connectivity index (χ3n) is 2.44. The van der Waals surface area contributed by atoms with Gasteiger partial charge in [0.15, 0.2) is 0 Å². The molecule has 1 heterocycles. The van der Waals surface area contributed by atoms with Gasteiger partial charge in [0.05, 0.1) is 6.61 Å². The normalized spacial score (nSPS) is 23.5. The van der Waals surface area contributed by atoms with E-state index in [1.54, 1.807) is 37.0 Å². The summed E-state index contributed by atoms with van der Waals surface area (Å²) in [5.41, 5.74) is 2.34. The van der Waals surface area contributed by atoms with Crippen LogP contribution in [0.3, 0.4) is 0 Å². The Bertz CT molecular complexity index is 440. The van der Waals surface area contributed by atoms with E-state index in [1.165, 1.54) is 0 Å². The van der Waals surface area contributed by atoms with E-state index in [-0.39, 0.29) is 6.61 Å². The highest BCUT2D eigenvalue weighted by molar-refractivity contribution is 7.63. The van der Waals surface area contributed by atoms with Crippen LogP contribution in [0, 0.1) is 0 Å². The summed E-state index contributed by atoms with van der Waals surface area (Å²) in [6, 6.07) is 7.04. The van der Waals surface area contributed by atoms with E-state index in [2.05, 4.69) is 0 Å². The minimum atomic E-state index is -3.04. The van der Waals surface area contributed by atoms with E-state index >= 15 is 0 Å². The number of hydrogen-bond donors (Lipinski definition) is 0. The summed E-state index contributed by atoms with van der Waals surface area (Å²) in [7, 11) is -3.04. The quantitative estimate of drug-likeness (QED) is 0.607. The molecule has 0 N–H and O–H groups in total. The van der Waals surface area contributed by atoms with Gasteiger partial charge in [0.25, 0.3) is 7.94 Å². The molecule has 0 bridgehead atoms. The Kier molecular flexibility index (Phi) is 3.69. The third-order valence-corrected chi connectivity index (χ3v) is 4.18. The number of benzene rings is 1. The van der Waals surface area contributed by atoms with Crippen LogP contribution in [-0.4, -0.2) is 19.5 Å². The van der Waals surface area contributed by atoms with Gasteiger partial charge in [-0.2, -0.15) is 0 Å². The van der Waals surface area contributed by atoms with E-state index in [1.807, 2.05) is 0 Å². The fourth-order valence-corrected chi connectivity index (χ4v) is 3.12. The Morgan fingerprint density at radius 1 is 1.47 bits per heavy atom. The molecule has 0 aliphatic carbocycles. The van der Waals surface area contributed by atoms with Gasteiger partial charge in [0.2, 0.25) is 0 Å². The zero-order valence-electron chi connectivity index (χ0n) is 9.46. The van der Waals surface area contributed by atoms with Crippen molar-refractivity contribution in [2.75, 3.05) is 13.2 Å². The number of carbonyl (C=O) groups excluding carboxylic acids is 1. The van der Waals surface area contributed by atoms with Gasteiger partial charge in [-0.3, -0.25) is 4.79 Å². The predicted molar refractivity (Wildman–Crippen MR) is 64.3 cm³/mol. The first-order valence-electron chi connectivity index (χ1n) is 5.33. The van der Waals surface area contributed by atoms with Gasteiger partial charge >= 0.3 is 0 Å². The molecule has 17 heavy (non-hydrogen) atoms. The lowest BCUT2D eigenvalue weighted by Crippen LogP contribution is -2.10. The summed E-state index contributed by atoms with van der Waals surface area (Å²) in [5, 5.41) is 0. The first-order valence-corrected chi connectivity index (χ1v) is 6.94. The molecule has 1 aromatic rings. The molecule has 1 aliphatic heterocycles. The Hall–Kier alpha value is -1.06. The third kappa shape index (κ3) is 2.79. The summed E-state index contributed by atoms with van der Waals surface area (Å²) >= 11 is 0. The Labute approximate surface area is 100 Å². The second-order valence-corrected chi connectivity index (χ2v) is 5.48. The molecule has 5 heteroatoms. The number of aldehydes is 1. The maximum Gasteiger partial charge on any atom is 0.264 e. The Balaban J connectivity index is 2.20. The summed E-state index contributed by atoms with van der Waals surface area (Å²) < 4.78 is 10.3. The lowest BCUT2D eigenvalue weighted by Gasteiger charge is -2.17. The molecule has 0 saturated heterocycles. The lowest BCUT2D eigenvalue weighted by atomic mass is 10.1. The molecule has 0 saturated carbocycles. The van der Waals surface area contributed by atoms with E-state index in [0.717, 1.165) is 17.4 Å². The Morgan fingerprint density at radius 3 is 2.76 bits per heavy atom. The minimum absolute atomic E-state index is 0.276. The van der Waals surface area contributed by atoms with Gasteiger partial charge in [-0.05, 0) is 12.5 Å². The number of rotatable bonds is 4. The highest BCUT2D eigenvalue weighted by Gasteiger charge is 2.34. The maximum absolute atomic E-state index is 11.9. The molecule has 0 amide bonds. The van der Waals surface area contributed by atoms with Crippen LogP contribution in [0.25, 0.3) is 5.57 Å². The van der Waals surface area contributed by atoms with Gasteiger partial charge in [-0.15, -0.1) is 0 Å². The predicted octanol–water partition coefficient (Wildman–Crippen LogP) is 2.03. The van der Waals surface area contributed by atoms with E-state index in [0.29, 0.717) is 12.2 Å². The van der Waals surface area contributed by atoms with Crippen molar-refractivity contribution in [3.05, 3.63) is 41.2 Å². The van der Waals surface area contributed by atoms with Gasteiger partial charge in [-0.1, -0.05) is 24.3 Å². The van der Waals surface area contributed by atoms with E-state index in [4.69, 9.17) is 9.05 Å². The molecule has 0 aromatic heterocycles. The Morgan fingerprint density at radius 2 is 2.18 bits per heavy atom. The SMILES string of the molecule is CCO[P+]1([O-])C=C(c2ccc(C=O)cc2)CO1. The largest absolute Gasteiger partial charge is 0.628 e. The van der Waals surface area contributed by atoms with Crippen LogP contribution >= 0.6 is 7.94 Å². The molecule has 1 aliphatic rings. The van der Waals surface area contributed by atoms with Crippen LogP contribution in [0.15, 0.2) is 30.1 Å². The van der Waals surface area contributed by atoms with Crippen molar-refractivity contribution in [2.45, 2.75) is 6.92 Å². The molecule has 2 rings (SSSR count). The number of hydrogen-bond acceptors (Lipinski definition) is 4. The van der Waals surface area contributed by atoms with Crippen molar-refractivity contribution in [1.29, 1.82) is 0 Å². The van der Waals surface area contributed by atoms with E-state index < -0.39 is 7.94 Å². The molecule has 0 spiro atoms. The maximum atomic E-state index is 11.9. The molecule has 90 valence electrons.